The first kappa shape index (κ1) is 17.5. The first-order valence-corrected chi connectivity index (χ1v) is 6.72. The Morgan fingerprint density at radius 1 is 0.667 bits per heavy atom. The number of para-hydroxylation sites is 2. The molecule has 0 heterocycles. The second-order valence-corrected chi connectivity index (χ2v) is 4.61. The number of nitrogens with one attached hydrogen (secondary N) is 2. The van der Waals surface area contributed by atoms with Gasteiger partial charge >= 0.3 is 16.8 Å². The molecule has 0 aliphatic heterocycles. The van der Waals surface area contributed by atoms with Gasteiger partial charge < -0.3 is 20.8 Å². The number of benzene rings is 2. The van der Waals surface area contributed by atoms with Crippen molar-refractivity contribution in [3.8, 4) is 11.5 Å². The Labute approximate surface area is 135 Å². The Morgan fingerprint density at radius 2 is 1.05 bits per heavy atom. The van der Waals surface area contributed by atoms with Gasteiger partial charge in [0.05, 0.1) is 0 Å². The van der Waals surface area contributed by atoms with E-state index in [0.717, 1.165) is 24.2 Å². The van der Waals surface area contributed by atoms with Gasteiger partial charge in [0.25, 0.3) is 0 Å². The average Bonchev–Trinajstić information content (AvgIpc) is 2.46. The molecule has 0 aliphatic carbocycles. The van der Waals surface area contributed by atoms with Crippen molar-refractivity contribution in [2.24, 2.45) is 0 Å². The molecule has 5 heteroatoms. The number of phenols is 2. The van der Waals surface area contributed by atoms with E-state index in [9.17, 15) is 10.2 Å². The van der Waals surface area contributed by atoms with Crippen molar-refractivity contribution in [1.82, 2.24) is 10.6 Å². The summed E-state index contributed by atoms with van der Waals surface area (Å²) in [5, 5.41) is 25.7. The Morgan fingerprint density at radius 3 is 1.43 bits per heavy atom. The van der Waals surface area contributed by atoms with E-state index >= 15 is 0 Å². The van der Waals surface area contributed by atoms with E-state index in [1.54, 1.807) is 12.1 Å². The zero-order valence-corrected chi connectivity index (χ0v) is 12.7. The molecule has 4 nitrogen and oxygen atoms in total. The van der Waals surface area contributed by atoms with Crippen LogP contribution in [0.4, 0.5) is 0 Å². The van der Waals surface area contributed by atoms with Crippen LogP contribution in [0.5, 0.6) is 11.5 Å². The van der Waals surface area contributed by atoms with Gasteiger partial charge in [-0.3, -0.25) is 0 Å². The van der Waals surface area contributed by atoms with E-state index < -0.39 is 0 Å². The summed E-state index contributed by atoms with van der Waals surface area (Å²) in [4.78, 5) is 0. The van der Waals surface area contributed by atoms with Crippen LogP contribution in [-0.2, 0) is 29.9 Å². The summed E-state index contributed by atoms with van der Waals surface area (Å²) in [6, 6.07) is 14.6. The SMILES string of the molecule is Oc1ccccc1CNCCNCc1ccccc1O.[Co+2]. The molecule has 4 N–H and O–H groups in total. The molecule has 0 spiro atoms. The Balaban J connectivity index is 0.00000220. The van der Waals surface area contributed by atoms with Crippen LogP contribution in [0.1, 0.15) is 11.1 Å². The summed E-state index contributed by atoms with van der Waals surface area (Å²) in [6.45, 7) is 2.87. The normalized spacial score (nSPS) is 10.1. The molecular weight excluding hydrogens is 311 g/mol. The zero-order chi connectivity index (χ0) is 14.2. The van der Waals surface area contributed by atoms with E-state index in [1.807, 2.05) is 36.4 Å². The molecule has 113 valence electrons. The maximum atomic E-state index is 9.61. The van der Waals surface area contributed by atoms with Crippen LogP contribution in [0.15, 0.2) is 48.5 Å². The van der Waals surface area contributed by atoms with Gasteiger partial charge in [0.2, 0.25) is 0 Å². The number of phenolic OH excluding ortho intramolecular Hbond substituents is 2. The summed E-state index contributed by atoms with van der Waals surface area (Å²) in [5.41, 5.74) is 1.79. The molecule has 0 aliphatic rings. The van der Waals surface area contributed by atoms with Gasteiger partial charge in [0.1, 0.15) is 11.5 Å². The molecule has 0 bridgehead atoms. The zero-order valence-electron chi connectivity index (χ0n) is 11.7. The Kier molecular flexibility index (Phi) is 7.85. The topological polar surface area (TPSA) is 64.5 Å². The van der Waals surface area contributed by atoms with Crippen LogP contribution in [0.25, 0.3) is 0 Å². The van der Waals surface area contributed by atoms with Gasteiger partial charge in [0.15, 0.2) is 0 Å². The molecule has 2 aromatic rings. The van der Waals surface area contributed by atoms with Crippen molar-refractivity contribution < 1.29 is 27.0 Å². The summed E-state index contributed by atoms with van der Waals surface area (Å²) in [5.74, 6) is 0.643. The van der Waals surface area contributed by atoms with Crippen molar-refractivity contribution >= 4 is 0 Å². The minimum Gasteiger partial charge on any atom is -0.508 e. The second kappa shape index (κ2) is 9.41. The quantitative estimate of drug-likeness (QED) is 0.586. The first-order chi connectivity index (χ1) is 9.77. The standard InChI is InChI=1S/C16H20N2O2.Co/c19-15-7-3-1-5-13(15)11-17-9-10-18-12-14-6-2-4-8-16(14)20;/h1-8,17-20H,9-12H2;/q;+2. The smallest absolute Gasteiger partial charge is 0.508 e. The van der Waals surface area contributed by atoms with E-state index in [1.165, 1.54) is 0 Å². The van der Waals surface area contributed by atoms with Crippen molar-refractivity contribution in [3.63, 3.8) is 0 Å². The van der Waals surface area contributed by atoms with Crippen LogP contribution >= 0.6 is 0 Å². The molecule has 1 radical (unpaired) electrons. The van der Waals surface area contributed by atoms with Crippen molar-refractivity contribution in [1.29, 1.82) is 0 Å². The van der Waals surface area contributed by atoms with Crippen molar-refractivity contribution in [3.05, 3.63) is 59.7 Å². The van der Waals surface area contributed by atoms with Crippen LogP contribution in [-0.4, -0.2) is 23.3 Å². The van der Waals surface area contributed by atoms with E-state index in [4.69, 9.17) is 0 Å². The monoisotopic (exact) mass is 331 g/mol. The third-order valence-corrected chi connectivity index (χ3v) is 3.09. The van der Waals surface area contributed by atoms with Crippen molar-refractivity contribution in [2.45, 2.75) is 13.1 Å². The van der Waals surface area contributed by atoms with E-state index in [-0.39, 0.29) is 16.8 Å². The van der Waals surface area contributed by atoms with Crippen LogP contribution < -0.4 is 10.6 Å². The largest absolute Gasteiger partial charge is 2.00 e. The van der Waals surface area contributed by atoms with Crippen LogP contribution in [0.3, 0.4) is 0 Å². The van der Waals surface area contributed by atoms with Gasteiger partial charge in [-0.1, -0.05) is 36.4 Å². The predicted octanol–water partition coefficient (Wildman–Crippen LogP) is 1.97. The minimum absolute atomic E-state index is 0. The maximum absolute atomic E-state index is 9.61. The molecule has 0 saturated heterocycles. The molecule has 21 heavy (non-hydrogen) atoms. The second-order valence-electron chi connectivity index (χ2n) is 4.61. The Bertz CT molecular complexity index is 500. The third-order valence-electron chi connectivity index (χ3n) is 3.09. The fraction of sp³-hybridized carbons (Fsp3) is 0.250. The van der Waals surface area contributed by atoms with Crippen LogP contribution in [0.2, 0.25) is 0 Å². The summed E-state index contributed by atoms with van der Waals surface area (Å²) >= 11 is 0. The molecule has 0 fully saturated rings. The van der Waals surface area contributed by atoms with Gasteiger partial charge in [-0.15, -0.1) is 0 Å². The Hall–Kier alpha value is -1.53. The van der Waals surface area contributed by atoms with Gasteiger partial charge in [-0.05, 0) is 12.1 Å². The van der Waals surface area contributed by atoms with Gasteiger partial charge in [-0.25, -0.2) is 0 Å². The number of hydrogen-bond donors (Lipinski definition) is 4. The predicted molar refractivity (Wildman–Crippen MR) is 79.6 cm³/mol. The summed E-state index contributed by atoms with van der Waals surface area (Å²) in [6.07, 6.45) is 0. The summed E-state index contributed by atoms with van der Waals surface area (Å²) in [7, 11) is 0. The molecule has 0 saturated carbocycles. The van der Waals surface area contributed by atoms with Crippen LogP contribution in [0, 0.1) is 0 Å². The minimum atomic E-state index is 0. The number of rotatable bonds is 7. The number of aromatic hydroxyl groups is 2. The molecule has 2 aromatic carbocycles. The maximum Gasteiger partial charge on any atom is 2.00 e. The molecule has 0 amide bonds. The molecule has 0 unspecified atom stereocenters. The molecule has 0 aromatic heterocycles. The van der Waals surface area contributed by atoms with Crippen molar-refractivity contribution in [2.75, 3.05) is 13.1 Å². The number of hydrogen-bond acceptors (Lipinski definition) is 4. The fourth-order valence-corrected chi connectivity index (χ4v) is 1.94. The van der Waals surface area contributed by atoms with E-state index in [0.29, 0.717) is 24.6 Å². The molecule has 0 atom stereocenters. The molecule has 2 rings (SSSR count). The van der Waals surface area contributed by atoms with E-state index in [2.05, 4.69) is 10.6 Å². The summed E-state index contributed by atoms with van der Waals surface area (Å²) < 4.78 is 0. The third kappa shape index (κ3) is 5.77. The molecular formula is C16H20CoN2O2+2. The van der Waals surface area contributed by atoms with Gasteiger partial charge in [0, 0.05) is 37.3 Å². The van der Waals surface area contributed by atoms with Gasteiger partial charge in [-0.2, -0.15) is 0 Å². The fourth-order valence-electron chi connectivity index (χ4n) is 1.94. The average molecular weight is 331 g/mol. The first-order valence-electron chi connectivity index (χ1n) is 6.72.